The summed E-state index contributed by atoms with van der Waals surface area (Å²) in [5.74, 6) is -0.118. The summed E-state index contributed by atoms with van der Waals surface area (Å²) in [6, 6.07) is 13.8. The molecule has 0 heterocycles. The van der Waals surface area contributed by atoms with Crippen molar-refractivity contribution in [1.29, 1.82) is 0 Å². The molecule has 0 saturated heterocycles. The Bertz CT molecular complexity index is 883. The van der Waals surface area contributed by atoms with Crippen LogP contribution in [-0.2, 0) is 22.6 Å². The predicted octanol–water partition coefficient (Wildman–Crippen LogP) is 5.60. The van der Waals surface area contributed by atoms with Crippen LogP contribution >= 0.6 is 0 Å². The van der Waals surface area contributed by atoms with Crippen LogP contribution in [0.5, 0.6) is 0 Å². The number of carbonyl (C=O) groups is 2. The number of aryl methyl sites for hydroxylation is 1. The predicted molar refractivity (Wildman–Crippen MR) is 128 cm³/mol. The Hall–Kier alpha value is -2.69. The van der Waals surface area contributed by atoms with Crippen LogP contribution in [0.4, 0.5) is 4.39 Å². The lowest BCUT2D eigenvalue weighted by atomic mass is 10.00. The molecule has 174 valence electrons. The SMILES string of the molecule is CC[C@@H](C(=O)NC(C)(C)C)N(Cc1ccc(F)cc1)C(=O)CCc1ccc(C(C)C)cc1. The monoisotopic (exact) mass is 440 g/mol. The van der Waals surface area contributed by atoms with E-state index in [1.165, 1.54) is 17.7 Å². The van der Waals surface area contributed by atoms with Gasteiger partial charge in [0, 0.05) is 18.5 Å². The van der Waals surface area contributed by atoms with Crippen molar-refractivity contribution in [3.05, 3.63) is 71.0 Å². The maximum atomic E-state index is 13.4. The highest BCUT2D eigenvalue weighted by atomic mass is 19.1. The third kappa shape index (κ3) is 7.77. The second kappa shape index (κ2) is 11.3. The molecule has 0 aromatic heterocycles. The second-order valence-corrected chi connectivity index (χ2v) is 9.71. The van der Waals surface area contributed by atoms with Gasteiger partial charge in [-0.1, -0.05) is 57.2 Å². The third-order valence-corrected chi connectivity index (χ3v) is 5.42. The zero-order chi connectivity index (χ0) is 23.9. The first-order valence-corrected chi connectivity index (χ1v) is 11.4. The highest BCUT2D eigenvalue weighted by Crippen LogP contribution is 2.18. The number of nitrogens with one attached hydrogen (secondary N) is 1. The van der Waals surface area contributed by atoms with Crippen molar-refractivity contribution < 1.29 is 14.0 Å². The number of nitrogens with zero attached hydrogens (tertiary/aromatic N) is 1. The number of benzene rings is 2. The van der Waals surface area contributed by atoms with Crippen molar-refractivity contribution in [2.45, 2.75) is 84.8 Å². The van der Waals surface area contributed by atoms with Crippen molar-refractivity contribution in [1.82, 2.24) is 10.2 Å². The Morgan fingerprint density at radius 2 is 1.53 bits per heavy atom. The second-order valence-electron chi connectivity index (χ2n) is 9.71. The fourth-order valence-corrected chi connectivity index (χ4v) is 3.62. The molecule has 5 heteroatoms. The van der Waals surface area contributed by atoms with Gasteiger partial charge in [0.15, 0.2) is 0 Å². The summed E-state index contributed by atoms with van der Waals surface area (Å²) in [4.78, 5) is 27.9. The van der Waals surface area contributed by atoms with Crippen LogP contribution in [0.1, 0.15) is 77.0 Å². The van der Waals surface area contributed by atoms with Gasteiger partial charge in [0.1, 0.15) is 11.9 Å². The quantitative estimate of drug-likeness (QED) is 0.551. The Morgan fingerprint density at radius 1 is 0.969 bits per heavy atom. The van der Waals surface area contributed by atoms with E-state index in [-0.39, 0.29) is 24.2 Å². The van der Waals surface area contributed by atoms with Gasteiger partial charge >= 0.3 is 0 Å². The molecule has 1 N–H and O–H groups in total. The zero-order valence-corrected chi connectivity index (χ0v) is 20.2. The van der Waals surface area contributed by atoms with E-state index in [0.29, 0.717) is 25.2 Å². The molecule has 2 aromatic rings. The lowest BCUT2D eigenvalue weighted by Gasteiger charge is -2.33. The fraction of sp³-hybridized carbons (Fsp3) is 0.481. The van der Waals surface area contributed by atoms with Crippen molar-refractivity contribution >= 4 is 11.8 Å². The van der Waals surface area contributed by atoms with Gasteiger partial charge in [0.05, 0.1) is 0 Å². The highest BCUT2D eigenvalue weighted by molar-refractivity contribution is 5.88. The van der Waals surface area contributed by atoms with E-state index in [0.717, 1.165) is 11.1 Å². The third-order valence-electron chi connectivity index (χ3n) is 5.42. The molecule has 0 aliphatic carbocycles. The van der Waals surface area contributed by atoms with Crippen LogP contribution in [0.2, 0.25) is 0 Å². The van der Waals surface area contributed by atoms with Crippen molar-refractivity contribution in [3.63, 3.8) is 0 Å². The number of hydrogen-bond donors (Lipinski definition) is 1. The van der Waals surface area contributed by atoms with E-state index in [4.69, 9.17) is 0 Å². The molecule has 0 aliphatic rings. The molecular weight excluding hydrogens is 403 g/mol. The first-order chi connectivity index (χ1) is 15.0. The molecule has 0 bridgehead atoms. The molecule has 4 nitrogen and oxygen atoms in total. The minimum absolute atomic E-state index is 0.0850. The van der Waals surface area contributed by atoms with Crippen LogP contribution in [0.25, 0.3) is 0 Å². The Morgan fingerprint density at radius 3 is 2.03 bits per heavy atom. The average Bonchev–Trinajstić information content (AvgIpc) is 2.72. The molecule has 0 saturated carbocycles. The number of halogens is 1. The molecule has 0 aliphatic heterocycles. The highest BCUT2D eigenvalue weighted by Gasteiger charge is 2.30. The first kappa shape index (κ1) is 25.6. The van der Waals surface area contributed by atoms with Crippen LogP contribution in [-0.4, -0.2) is 28.3 Å². The van der Waals surface area contributed by atoms with Crippen molar-refractivity contribution in [2.24, 2.45) is 0 Å². The minimum atomic E-state index is -0.588. The fourth-order valence-electron chi connectivity index (χ4n) is 3.62. The summed E-state index contributed by atoms with van der Waals surface area (Å²) < 4.78 is 13.4. The molecule has 0 spiro atoms. The van der Waals surface area contributed by atoms with Gasteiger partial charge in [0.25, 0.3) is 0 Å². The lowest BCUT2D eigenvalue weighted by molar-refractivity contribution is -0.142. The molecule has 2 rings (SSSR count). The Kier molecular flexibility index (Phi) is 8.99. The van der Waals surface area contributed by atoms with Crippen LogP contribution in [0, 0.1) is 5.82 Å². The Labute approximate surface area is 192 Å². The van der Waals surface area contributed by atoms with Gasteiger partial charge in [-0.15, -0.1) is 0 Å². The summed E-state index contributed by atoms with van der Waals surface area (Å²) in [6.45, 7) is 12.2. The summed E-state index contributed by atoms with van der Waals surface area (Å²) in [5, 5.41) is 3.00. The lowest BCUT2D eigenvalue weighted by Crippen LogP contribution is -2.53. The zero-order valence-electron chi connectivity index (χ0n) is 20.2. The summed E-state index contributed by atoms with van der Waals surface area (Å²) >= 11 is 0. The largest absolute Gasteiger partial charge is 0.350 e. The van der Waals surface area contributed by atoms with E-state index in [1.807, 2.05) is 27.7 Å². The van der Waals surface area contributed by atoms with Crippen LogP contribution < -0.4 is 5.32 Å². The molecule has 32 heavy (non-hydrogen) atoms. The van der Waals surface area contributed by atoms with Crippen molar-refractivity contribution in [2.75, 3.05) is 0 Å². The maximum Gasteiger partial charge on any atom is 0.243 e. The van der Waals surface area contributed by atoms with Gasteiger partial charge in [-0.2, -0.15) is 0 Å². The van der Waals surface area contributed by atoms with Gasteiger partial charge in [-0.05, 0) is 68.4 Å². The molecule has 2 aromatic carbocycles. The molecule has 1 atom stereocenters. The molecule has 0 unspecified atom stereocenters. The number of hydrogen-bond acceptors (Lipinski definition) is 2. The Balaban J connectivity index is 2.20. The average molecular weight is 441 g/mol. The van der Waals surface area contributed by atoms with Gasteiger partial charge in [-0.25, -0.2) is 4.39 Å². The van der Waals surface area contributed by atoms with Gasteiger partial charge in [-0.3, -0.25) is 9.59 Å². The van der Waals surface area contributed by atoms with E-state index in [1.54, 1.807) is 17.0 Å². The topological polar surface area (TPSA) is 49.4 Å². The van der Waals surface area contributed by atoms with Gasteiger partial charge in [0.2, 0.25) is 11.8 Å². The number of rotatable bonds is 9. The van der Waals surface area contributed by atoms with E-state index in [9.17, 15) is 14.0 Å². The summed E-state index contributed by atoms with van der Waals surface area (Å²) in [6.07, 6.45) is 1.41. The van der Waals surface area contributed by atoms with Crippen LogP contribution in [0.15, 0.2) is 48.5 Å². The smallest absolute Gasteiger partial charge is 0.243 e. The van der Waals surface area contributed by atoms with Gasteiger partial charge < -0.3 is 10.2 Å². The standard InChI is InChI=1S/C27H37FN2O2/c1-7-24(26(32)29-27(4,5)6)30(18-21-10-15-23(28)16-11-21)25(31)17-12-20-8-13-22(14-9-20)19(2)3/h8-11,13-16,19,24H,7,12,17-18H2,1-6H3,(H,29,32)/t24-/m0/s1. The first-order valence-electron chi connectivity index (χ1n) is 11.4. The van der Waals surface area contributed by atoms with Crippen molar-refractivity contribution in [3.8, 4) is 0 Å². The maximum absolute atomic E-state index is 13.4. The molecule has 0 fully saturated rings. The minimum Gasteiger partial charge on any atom is -0.350 e. The summed E-state index contributed by atoms with van der Waals surface area (Å²) in [5.41, 5.74) is 2.76. The summed E-state index contributed by atoms with van der Waals surface area (Å²) in [7, 11) is 0. The number of carbonyl (C=O) groups excluding carboxylic acids is 2. The molecular formula is C27H37FN2O2. The van der Waals surface area contributed by atoms with E-state index >= 15 is 0 Å². The molecule has 0 radical (unpaired) electrons. The normalized spacial score (nSPS) is 12.5. The van der Waals surface area contributed by atoms with Crippen LogP contribution in [0.3, 0.4) is 0 Å². The number of amides is 2. The molecule has 2 amide bonds. The van der Waals surface area contributed by atoms with E-state index < -0.39 is 11.6 Å². The van der Waals surface area contributed by atoms with E-state index in [2.05, 4.69) is 43.4 Å².